The van der Waals surface area contributed by atoms with Crippen molar-refractivity contribution in [3.63, 3.8) is 0 Å². The van der Waals surface area contributed by atoms with E-state index in [0.717, 1.165) is 38.1 Å². The van der Waals surface area contributed by atoms with Crippen LogP contribution in [0.2, 0.25) is 0 Å². The molecule has 9 heteroatoms. The van der Waals surface area contributed by atoms with Crippen molar-refractivity contribution >= 4 is 22.5 Å². The molecule has 1 amide bonds. The number of hydrogen-bond acceptors (Lipinski definition) is 4. The number of aromatic amines is 1. The molecule has 1 aliphatic heterocycles. The molecular formula is C20H24F2N6O. The number of carbonyl (C=O) groups excluding carboxylic acids is 1. The summed E-state index contributed by atoms with van der Waals surface area (Å²) in [5.74, 6) is -2.37. The highest BCUT2D eigenvalue weighted by Gasteiger charge is 2.28. The van der Waals surface area contributed by atoms with E-state index in [2.05, 4.69) is 46.3 Å². The molecule has 0 spiro atoms. The third-order valence-electron chi connectivity index (χ3n) is 5.50. The SMILES string of the molecule is CC(C)(C)N1CCC(n2cc(C(=O)Nc3c[nH]c4cc(F)c(F)cc34)nn2)CC1. The summed E-state index contributed by atoms with van der Waals surface area (Å²) in [6.45, 7) is 8.54. The molecule has 0 radical (unpaired) electrons. The number of aromatic nitrogens is 4. The minimum atomic E-state index is -0.972. The summed E-state index contributed by atoms with van der Waals surface area (Å²) < 4.78 is 28.6. The van der Waals surface area contributed by atoms with Gasteiger partial charge in [0.05, 0.1) is 23.4 Å². The number of piperidine rings is 1. The fourth-order valence-electron chi connectivity index (χ4n) is 3.77. The number of benzene rings is 1. The Bertz CT molecular complexity index is 1040. The first kappa shape index (κ1) is 19.5. The number of rotatable bonds is 3. The average molecular weight is 402 g/mol. The number of amides is 1. The smallest absolute Gasteiger partial charge is 0.277 e. The maximum absolute atomic E-state index is 13.5. The number of halogens is 2. The zero-order valence-corrected chi connectivity index (χ0v) is 16.7. The topological polar surface area (TPSA) is 78.8 Å². The van der Waals surface area contributed by atoms with Crippen LogP contribution in [0.3, 0.4) is 0 Å². The number of hydrogen-bond donors (Lipinski definition) is 2. The lowest BCUT2D eigenvalue weighted by atomic mass is 9.98. The lowest BCUT2D eigenvalue weighted by Gasteiger charge is -2.40. The molecular weight excluding hydrogens is 378 g/mol. The van der Waals surface area contributed by atoms with E-state index in [4.69, 9.17) is 0 Å². The van der Waals surface area contributed by atoms with Gasteiger partial charge in [-0.05, 0) is 39.7 Å². The Kier molecular flexibility index (Phi) is 4.85. The average Bonchev–Trinajstić information content (AvgIpc) is 3.30. The predicted octanol–water partition coefficient (Wildman–Crippen LogP) is 3.73. The first-order valence-corrected chi connectivity index (χ1v) is 9.67. The maximum Gasteiger partial charge on any atom is 0.277 e. The molecule has 1 fully saturated rings. The van der Waals surface area contributed by atoms with Crippen LogP contribution < -0.4 is 5.32 Å². The van der Waals surface area contributed by atoms with Gasteiger partial charge >= 0.3 is 0 Å². The molecule has 1 saturated heterocycles. The van der Waals surface area contributed by atoms with Crippen molar-refractivity contribution in [2.45, 2.75) is 45.2 Å². The fourth-order valence-corrected chi connectivity index (χ4v) is 3.77. The monoisotopic (exact) mass is 402 g/mol. The van der Waals surface area contributed by atoms with Crippen LogP contribution in [0.15, 0.2) is 24.5 Å². The molecule has 0 saturated carbocycles. The van der Waals surface area contributed by atoms with E-state index in [9.17, 15) is 13.6 Å². The van der Waals surface area contributed by atoms with Gasteiger partial charge < -0.3 is 10.3 Å². The first-order chi connectivity index (χ1) is 13.7. The quantitative estimate of drug-likeness (QED) is 0.700. The summed E-state index contributed by atoms with van der Waals surface area (Å²) >= 11 is 0. The minimum absolute atomic E-state index is 0.139. The zero-order valence-electron chi connectivity index (χ0n) is 16.7. The van der Waals surface area contributed by atoms with Crippen molar-refractivity contribution in [3.05, 3.63) is 41.9 Å². The van der Waals surface area contributed by atoms with E-state index in [1.54, 1.807) is 10.9 Å². The number of H-pyrrole nitrogens is 1. The van der Waals surface area contributed by atoms with E-state index < -0.39 is 17.5 Å². The van der Waals surface area contributed by atoms with Crippen LogP contribution in [-0.4, -0.2) is 49.4 Å². The van der Waals surface area contributed by atoms with E-state index in [1.165, 1.54) is 6.20 Å². The summed E-state index contributed by atoms with van der Waals surface area (Å²) in [5, 5.41) is 11.2. The number of likely N-dealkylation sites (tertiary alicyclic amines) is 1. The third-order valence-corrected chi connectivity index (χ3v) is 5.50. The van der Waals surface area contributed by atoms with Crippen molar-refractivity contribution < 1.29 is 13.6 Å². The highest BCUT2D eigenvalue weighted by molar-refractivity contribution is 6.07. The van der Waals surface area contributed by atoms with Crippen molar-refractivity contribution in [2.24, 2.45) is 0 Å². The summed E-state index contributed by atoms with van der Waals surface area (Å²) in [6.07, 6.45) is 5.01. The molecule has 4 rings (SSSR count). The molecule has 0 atom stereocenters. The van der Waals surface area contributed by atoms with Gasteiger partial charge in [0.1, 0.15) is 0 Å². The Labute approximate surface area is 167 Å². The Balaban J connectivity index is 1.45. The molecule has 2 aromatic heterocycles. The van der Waals surface area contributed by atoms with Gasteiger partial charge in [0.15, 0.2) is 17.3 Å². The Hall–Kier alpha value is -2.81. The largest absolute Gasteiger partial charge is 0.359 e. The van der Waals surface area contributed by atoms with Crippen LogP contribution in [0.5, 0.6) is 0 Å². The van der Waals surface area contributed by atoms with Gasteiger partial charge in [0, 0.05) is 36.3 Å². The summed E-state index contributed by atoms with van der Waals surface area (Å²) in [4.78, 5) is 17.8. The Morgan fingerprint density at radius 2 is 1.90 bits per heavy atom. The molecule has 1 aliphatic rings. The molecule has 7 nitrogen and oxygen atoms in total. The lowest BCUT2D eigenvalue weighted by Crippen LogP contribution is -2.46. The van der Waals surface area contributed by atoms with Gasteiger partial charge in [-0.3, -0.25) is 9.69 Å². The molecule has 154 valence electrons. The molecule has 0 bridgehead atoms. The molecule has 2 N–H and O–H groups in total. The van der Waals surface area contributed by atoms with Crippen molar-refractivity contribution in [1.82, 2.24) is 24.9 Å². The number of anilines is 1. The molecule has 3 heterocycles. The predicted molar refractivity (Wildman–Crippen MR) is 106 cm³/mol. The molecule has 1 aromatic carbocycles. The van der Waals surface area contributed by atoms with Crippen LogP contribution in [-0.2, 0) is 0 Å². The zero-order chi connectivity index (χ0) is 20.8. The second-order valence-corrected chi connectivity index (χ2v) is 8.44. The van der Waals surface area contributed by atoms with Gasteiger partial charge in [-0.15, -0.1) is 5.10 Å². The van der Waals surface area contributed by atoms with Gasteiger partial charge in [0.2, 0.25) is 0 Å². The van der Waals surface area contributed by atoms with Crippen molar-refractivity contribution in [2.75, 3.05) is 18.4 Å². The number of carbonyl (C=O) groups is 1. The van der Waals surface area contributed by atoms with Crippen LogP contribution in [0.25, 0.3) is 10.9 Å². The lowest BCUT2D eigenvalue weighted by molar-refractivity contribution is 0.0866. The first-order valence-electron chi connectivity index (χ1n) is 9.67. The summed E-state index contributed by atoms with van der Waals surface area (Å²) in [5.41, 5.74) is 1.07. The fraction of sp³-hybridized carbons (Fsp3) is 0.450. The standard InChI is InChI=1S/C20H24F2N6O/c1-20(2,3)27-6-4-12(5-7-27)28-11-18(25-26-28)19(29)24-17-10-23-16-9-15(22)14(21)8-13(16)17/h8-12,23H,4-7H2,1-3H3,(H,24,29). The van der Waals surface area contributed by atoms with Crippen LogP contribution in [0.1, 0.15) is 50.1 Å². The van der Waals surface area contributed by atoms with Gasteiger partial charge in [0.25, 0.3) is 5.91 Å². The normalized spacial score (nSPS) is 16.4. The maximum atomic E-state index is 13.5. The van der Waals surface area contributed by atoms with Crippen molar-refractivity contribution in [3.8, 4) is 0 Å². The Morgan fingerprint density at radius 1 is 1.21 bits per heavy atom. The molecule has 3 aromatic rings. The highest BCUT2D eigenvalue weighted by Crippen LogP contribution is 2.28. The van der Waals surface area contributed by atoms with Gasteiger partial charge in [-0.25, -0.2) is 13.5 Å². The number of nitrogens with zero attached hydrogens (tertiary/aromatic N) is 4. The van der Waals surface area contributed by atoms with Crippen LogP contribution in [0, 0.1) is 11.6 Å². The van der Waals surface area contributed by atoms with Crippen LogP contribution >= 0.6 is 0 Å². The third kappa shape index (κ3) is 3.87. The van der Waals surface area contributed by atoms with Gasteiger partial charge in [-0.1, -0.05) is 5.21 Å². The summed E-state index contributed by atoms with van der Waals surface area (Å²) in [6, 6.07) is 2.31. The second-order valence-electron chi connectivity index (χ2n) is 8.44. The molecule has 29 heavy (non-hydrogen) atoms. The van der Waals surface area contributed by atoms with Crippen LogP contribution in [0.4, 0.5) is 14.5 Å². The molecule has 0 unspecified atom stereocenters. The summed E-state index contributed by atoms with van der Waals surface area (Å²) in [7, 11) is 0. The number of fused-ring (bicyclic) bond motifs is 1. The van der Waals surface area contributed by atoms with E-state index >= 15 is 0 Å². The van der Waals surface area contributed by atoms with E-state index in [1.807, 2.05) is 0 Å². The molecule has 0 aliphatic carbocycles. The number of nitrogens with one attached hydrogen (secondary N) is 2. The van der Waals surface area contributed by atoms with Gasteiger partial charge in [-0.2, -0.15) is 0 Å². The minimum Gasteiger partial charge on any atom is -0.359 e. The van der Waals surface area contributed by atoms with Crippen molar-refractivity contribution in [1.29, 1.82) is 0 Å². The Morgan fingerprint density at radius 3 is 2.59 bits per heavy atom. The highest BCUT2D eigenvalue weighted by atomic mass is 19.2. The van der Waals surface area contributed by atoms with E-state index in [0.29, 0.717) is 16.6 Å². The van der Waals surface area contributed by atoms with E-state index in [-0.39, 0.29) is 17.3 Å². The second kappa shape index (κ2) is 7.22.